The Kier molecular flexibility index (Phi) is 5.80. The quantitative estimate of drug-likeness (QED) is 0.794. The lowest BCUT2D eigenvalue weighted by Crippen LogP contribution is -2.44. The van der Waals surface area contributed by atoms with Gasteiger partial charge in [-0.1, -0.05) is 29.8 Å². The van der Waals surface area contributed by atoms with Crippen molar-refractivity contribution in [3.05, 3.63) is 64.7 Å². The summed E-state index contributed by atoms with van der Waals surface area (Å²) in [5.74, 6) is 0.579. The topological polar surface area (TPSA) is 53.3 Å². The van der Waals surface area contributed by atoms with E-state index in [1.54, 1.807) is 31.2 Å². The Morgan fingerprint density at radius 2 is 2.04 bits per heavy atom. The predicted molar refractivity (Wildman–Crippen MR) is 101 cm³/mol. The van der Waals surface area contributed by atoms with E-state index in [1.165, 1.54) is 0 Å². The van der Waals surface area contributed by atoms with Crippen molar-refractivity contribution in [1.29, 1.82) is 5.26 Å². The van der Waals surface area contributed by atoms with Gasteiger partial charge in [0.15, 0.2) is 6.10 Å². The zero-order valence-corrected chi connectivity index (χ0v) is 15.4. The summed E-state index contributed by atoms with van der Waals surface area (Å²) < 4.78 is 5.78. The van der Waals surface area contributed by atoms with Gasteiger partial charge >= 0.3 is 0 Å². The van der Waals surface area contributed by atoms with Crippen molar-refractivity contribution in [3.63, 3.8) is 0 Å². The van der Waals surface area contributed by atoms with Crippen molar-refractivity contribution in [2.45, 2.75) is 38.3 Å². The highest BCUT2D eigenvalue weighted by atomic mass is 35.5. The van der Waals surface area contributed by atoms with Gasteiger partial charge < -0.3 is 9.64 Å². The van der Waals surface area contributed by atoms with Crippen LogP contribution < -0.4 is 4.74 Å². The Morgan fingerprint density at radius 1 is 1.31 bits per heavy atom. The van der Waals surface area contributed by atoms with Crippen molar-refractivity contribution in [3.8, 4) is 11.8 Å². The van der Waals surface area contributed by atoms with Crippen LogP contribution >= 0.6 is 11.6 Å². The van der Waals surface area contributed by atoms with Gasteiger partial charge in [-0.05, 0) is 62.1 Å². The van der Waals surface area contributed by atoms with Crippen LogP contribution in [0.3, 0.4) is 0 Å². The second kappa shape index (κ2) is 8.25. The van der Waals surface area contributed by atoms with Gasteiger partial charge in [-0.3, -0.25) is 4.79 Å². The summed E-state index contributed by atoms with van der Waals surface area (Å²) in [7, 11) is 0. The second-order valence-electron chi connectivity index (χ2n) is 6.52. The number of rotatable bonds is 5. The van der Waals surface area contributed by atoms with Crippen molar-refractivity contribution >= 4 is 17.5 Å². The summed E-state index contributed by atoms with van der Waals surface area (Å²) in [5.41, 5.74) is 1.63. The van der Waals surface area contributed by atoms with Crippen LogP contribution in [0.4, 0.5) is 0 Å². The minimum atomic E-state index is -0.574. The maximum atomic E-state index is 12.9. The number of carbonyl (C=O) groups excluding carboxylic acids is 1. The van der Waals surface area contributed by atoms with Crippen LogP contribution in [0.5, 0.6) is 5.75 Å². The molecule has 1 aliphatic heterocycles. The van der Waals surface area contributed by atoms with E-state index in [4.69, 9.17) is 21.6 Å². The third-order valence-electron chi connectivity index (χ3n) is 4.72. The SMILES string of the molecule is CC(Oc1ccc(C#N)cc1)C(=O)N1CCCC1Cc1ccccc1Cl. The summed E-state index contributed by atoms with van der Waals surface area (Å²) in [6.07, 6.45) is 2.15. The number of hydrogen-bond donors (Lipinski definition) is 0. The number of benzene rings is 2. The molecule has 4 nitrogen and oxygen atoms in total. The second-order valence-corrected chi connectivity index (χ2v) is 6.93. The number of amides is 1. The number of likely N-dealkylation sites (tertiary alicyclic amines) is 1. The Balaban J connectivity index is 1.65. The summed E-state index contributed by atoms with van der Waals surface area (Å²) in [5, 5.41) is 9.60. The minimum absolute atomic E-state index is 0.0103. The smallest absolute Gasteiger partial charge is 0.263 e. The van der Waals surface area contributed by atoms with Crippen LogP contribution in [-0.2, 0) is 11.2 Å². The van der Waals surface area contributed by atoms with E-state index in [1.807, 2.05) is 29.2 Å². The Morgan fingerprint density at radius 3 is 2.73 bits per heavy atom. The van der Waals surface area contributed by atoms with E-state index in [2.05, 4.69) is 6.07 Å². The molecular weight excluding hydrogens is 348 g/mol. The first kappa shape index (κ1) is 18.3. The summed E-state index contributed by atoms with van der Waals surface area (Å²) >= 11 is 6.27. The average molecular weight is 369 g/mol. The van der Waals surface area contributed by atoms with Gasteiger partial charge in [0.2, 0.25) is 0 Å². The molecule has 3 rings (SSSR count). The van der Waals surface area contributed by atoms with Crippen molar-refractivity contribution in [2.75, 3.05) is 6.54 Å². The summed E-state index contributed by atoms with van der Waals surface area (Å²) in [6, 6.07) is 16.8. The molecule has 0 spiro atoms. The Bertz CT molecular complexity index is 814. The number of ether oxygens (including phenoxy) is 1. The molecule has 0 saturated carbocycles. The number of carbonyl (C=O) groups is 1. The lowest BCUT2D eigenvalue weighted by Gasteiger charge is -2.28. The van der Waals surface area contributed by atoms with Crippen LogP contribution in [0.25, 0.3) is 0 Å². The van der Waals surface area contributed by atoms with Gasteiger partial charge in [0.1, 0.15) is 5.75 Å². The zero-order chi connectivity index (χ0) is 18.5. The summed E-state index contributed by atoms with van der Waals surface area (Å²) in [4.78, 5) is 14.8. The molecule has 2 aromatic rings. The Labute approximate surface area is 158 Å². The van der Waals surface area contributed by atoms with Gasteiger partial charge in [0.25, 0.3) is 5.91 Å². The third-order valence-corrected chi connectivity index (χ3v) is 5.09. The highest BCUT2D eigenvalue weighted by molar-refractivity contribution is 6.31. The highest BCUT2D eigenvalue weighted by Crippen LogP contribution is 2.26. The van der Waals surface area contributed by atoms with E-state index in [9.17, 15) is 4.79 Å². The molecule has 0 radical (unpaired) electrons. The van der Waals surface area contributed by atoms with Gasteiger partial charge in [0.05, 0.1) is 11.6 Å². The van der Waals surface area contributed by atoms with E-state index in [-0.39, 0.29) is 11.9 Å². The third kappa shape index (κ3) is 4.17. The molecule has 134 valence electrons. The summed E-state index contributed by atoms with van der Waals surface area (Å²) in [6.45, 7) is 2.51. The lowest BCUT2D eigenvalue weighted by atomic mass is 10.0. The van der Waals surface area contributed by atoms with E-state index in [0.29, 0.717) is 11.3 Å². The molecule has 2 aromatic carbocycles. The normalized spacial score (nSPS) is 17.6. The molecular formula is C21H21ClN2O2. The van der Waals surface area contributed by atoms with Gasteiger partial charge in [-0.2, -0.15) is 5.26 Å². The zero-order valence-electron chi connectivity index (χ0n) is 14.7. The molecule has 1 aliphatic rings. The minimum Gasteiger partial charge on any atom is -0.481 e. The highest BCUT2D eigenvalue weighted by Gasteiger charge is 2.32. The fourth-order valence-electron chi connectivity index (χ4n) is 3.35. The van der Waals surface area contributed by atoms with E-state index >= 15 is 0 Å². The van der Waals surface area contributed by atoms with Gasteiger partial charge in [-0.15, -0.1) is 0 Å². The molecule has 0 aliphatic carbocycles. The number of halogens is 1. The standard InChI is InChI=1S/C21H21ClN2O2/c1-15(26-19-10-8-16(14-23)9-11-19)21(25)24-12-4-6-18(24)13-17-5-2-3-7-20(17)22/h2-3,5,7-11,15,18H,4,6,12-13H2,1H3. The van der Waals surface area contributed by atoms with Crippen LogP contribution in [0, 0.1) is 11.3 Å². The van der Waals surface area contributed by atoms with Gasteiger partial charge in [-0.25, -0.2) is 0 Å². The molecule has 26 heavy (non-hydrogen) atoms. The molecule has 1 saturated heterocycles. The molecule has 1 amide bonds. The first-order valence-electron chi connectivity index (χ1n) is 8.79. The molecule has 2 atom stereocenters. The van der Waals surface area contributed by atoms with Crippen molar-refractivity contribution < 1.29 is 9.53 Å². The monoisotopic (exact) mass is 368 g/mol. The van der Waals surface area contributed by atoms with E-state index < -0.39 is 6.10 Å². The molecule has 0 N–H and O–H groups in total. The van der Waals surface area contributed by atoms with Crippen LogP contribution in [0.15, 0.2) is 48.5 Å². The maximum absolute atomic E-state index is 12.9. The fraction of sp³-hybridized carbons (Fsp3) is 0.333. The van der Waals surface area contributed by atoms with Crippen LogP contribution in [0.2, 0.25) is 5.02 Å². The number of hydrogen-bond acceptors (Lipinski definition) is 3. The molecule has 1 fully saturated rings. The van der Waals surface area contributed by atoms with Gasteiger partial charge in [0, 0.05) is 17.6 Å². The fourth-order valence-corrected chi connectivity index (χ4v) is 3.56. The Hall–Kier alpha value is -2.51. The van der Waals surface area contributed by atoms with Crippen LogP contribution in [0.1, 0.15) is 30.9 Å². The molecule has 2 unspecified atom stereocenters. The van der Waals surface area contributed by atoms with Crippen molar-refractivity contribution in [1.82, 2.24) is 4.90 Å². The average Bonchev–Trinajstić information content (AvgIpc) is 3.11. The lowest BCUT2D eigenvalue weighted by molar-refractivity contribution is -0.138. The van der Waals surface area contributed by atoms with Crippen LogP contribution in [-0.4, -0.2) is 29.5 Å². The number of nitriles is 1. The first-order chi connectivity index (χ1) is 12.6. The molecule has 0 aromatic heterocycles. The predicted octanol–water partition coefficient (Wildman–Crippen LogP) is 4.21. The van der Waals surface area contributed by atoms with Crippen molar-refractivity contribution in [2.24, 2.45) is 0 Å². The largest absolute Gasteiger partial charge is 0.481 e. The number of nitrogens with zero attached hydrogens (tertiary/aromatic N) is 2. The first-order valence-corrected chi connectivity index (χ1v) is 9.17. The molecule has 5 heteroatoms. The molecule has 0 bridgehead atoms. The molecule has 1 heterocycles. The van der Waals surface area contributed by atoms with E-state index in [0.717, 1.165) is 36.4 Å². The maximum Gasteiger partial charge on any atom is 0.263 e.